The van der Waals surface area contributed by atoms with Gasteiger partial charge in [-0.05, 0) is 51.4 Å². The van der Waals surface area contributed by atoms with Crippen molar-refractivity contribution in [1.29, 1.82) is 0 Å². The monoisotopic (exact) mass is 262 g/mol. The summed E-state index contributed by atoms with van der Waals surface area (Å²) in [6.07, 6.45) is 3.65. The lowest BCUT2D eigenvalue weighted by Gasteiger charge is -2.61. The van der Waals surface area contributed by atoms with Crippen LogP contribution in [0.1, 0.15) is 46.5 Å². The van der Waals surface area contributed by atoms with E-state index in [4.69, 9.17) is 4.74 Å². The van der Waals surface area contributed by atoms with E-state index in [1.165, 1.54) is 0 Å². The minimum atomic E-state index is -0.468. The van der Waals surface area contributed by atoms with Gasteiger partial charge in [0.2, 0.25) is 0 Å². The van der Waals surface area contributed by atoms with Gasteiger partial charge in [-0.1, -0.05) is 13.5 Å². The second-order valence-electron chi connectivity index (χ2n) is 7.39. The van der Waals surface area contributed by atoms with Crippen LogP contribution in [0.5, 0.6) is 0 Å². The number of carbonyl (C=O) groups excluding carboxylic acids is 2. The average molecular weight is 262 g/mol. The first-order valence-corrected chi connectivity index (χ1v) is 7.18. The van der Waals surface area contributed by atoms with E-state index in [1.54, 1.807) is 6.92 Å². The summed E-state index contributed by atoms with van der Waals surface area (Å²) in [6.45, 7) is 9.39. The van der Waals surface area contributed by atoms with Gasteiger partial charge in [-0.25, -0.2) is 4.79 Å². The van der Waals surface area contributed by atoms with Gasteiger partial charge in [-0.15, -0.1) is 0 Å². The first kappa shape index (κ1) is 12.9. The molecule has 0 aromatic heterocycles. The number of hydrogen-bond acceptors (Lipinski definition) is 3. The molecular formula is C16H22O3. The highest BCUT2D eigenvalue weighted by molar-refractivity contribution is 5.93. The Morgan fingerprint density at radius 2 is 2.00 bits per heavy atom. The molecule has 0 aliphatic heterocycles. The maximum Gasteiger partial charge on any atom is 0.333 e. The van der Waals surface area contributed by atoms with Gasteiger partial charge in [0, 0.05) is 11.0 Å². The Morgan fingerprint density at radius 3 is 2.63 bits per heavy atom. The zero-order valence-electron chi connectivity index (χ0n) is 12.0. The minimum Gasteiger partial charge on any atom is -0.458 e. The van der Waals surface area contributed by atoms with E-state index in [-0.39, 0.29) is 17.5 Å². The van der Waals surface area contributed by atoms with Crippen LogP contribution < -0.4 is 0 Å². The number of ether oxygens (including phenoxy) is 1. The van der Waals surface area contributed by atoms with Crippen molar-refractivity contribution in [1.82, 2.24) is 0 Å². The molecule has 0 N–H and O–H groups in total. The summed E-state index contributed by atoms with van der Waals surface area (Å²) in [5.74, 6) is 0.943. The summed E-state index contributed by atoms with van der Waals surface area (Å²) < 4.78 is 5.65. The molecule has 4 saturated carbocycles. The molecule has 0 saturated heterocycles. The van der Waals surface area contributed by atoms with E-state index >= 15 is 0 Å². The van der Waals surface area contributed by atoms with Gasteiger partial charge in [-0.2, -0.15) is 0 Å². The lowest BCUT2D eigenvalue weighted by molar-refractivity contribution is -0.200. The van der Waals surface area contributed by atoms with Crippen molar-refractivity contribution in [3.05, 3.63) is 12.2 Å². The molecule has 19 heavy (non-hydrogen) atoms. The van der Waals surface area contributed by atoms with Gasteiger partial charge < -0.3 is 4.74 Å². The molecule has 4 aliphatic carbocycles. The van der Waals surface area contributed by atoms with Gasteiger partial charge in [0.15, 0.2) is 0 Å². The number of rotatable bonds is 2. The van der Waals surface area contributed by atoms with Crippen molar-refractivity contribution >= 4 is 11.8 Å². The first-order valence-electron chi connectivity index (χ1n) is 7.18. The summed E-state index contributed by atoms with van der Waals surface area (Å²) in [5, 5.41) is 0. The first-order chi connectivity index (χ1) is 8.76. The van der Waals surface area contributed by atoms with Gasteiger partial charge in [0.1, 0.15) is 11.9 Å². The average Bonchev–Trinajstić information content (AvgIpc) is 2.30. The van der Waals surface area contributed by atoms with Gasteiger partial charge >= 0.3 is 5.97 Å². The van der Waals surface area contributed by atoms with Crippen molar-refractivity contribution < 1.29 is 14.3 Å². The summed E-state index contributed by atoms with van der Waals surface area (Å²) in [5.41, 5.74) is -0.229. The van der Waals surface area contributed by atoms with E-state index in [2.05, 4.69) is 13.5 Å². The Kier molecular flexibility index (Phi) is 2.52. The second kappa shape index (κ2) is 3.71. The Hall–Kier alpha value is -1.12. The molecule has 4 fully saturated rings. The fourth-order valence-corrected chi connectivity index (χ4v) is 5.06. The fraction of sp³-hybridized carbons (Fsp3) is 0.750. The number of esters is 1. The molecule has 0 aromatic carbocycles. The molecular weight excluding hydrogens is 240 g/mol. The van der Waals surface area contributed by atoms with Crippen LogP contribution in [-0.4, -0.2) is 17.9 Å². The predicted molar refractivity (Wildman–Crippen MR) is 71.4 cm³/mol. The third-order valence-corrected chi connectivity index (χ3v) is 5.51. The van der Waals surface area contributed by atoms with Crippen LogP contribution in [0, 0.1) is 22.7 Å². The van der Waals surface area contributed by atoms with E-state index < -0.39 is 5.41 Å². The van der Waals surface area contributed by atoms with Crippen LogP contribution in [0.25, 0.3) is 0 Å². The second-order valence-corrected chi connectivity index (χ2v) is 7.39. The quantitative estimate of drug-likeness (QED) is 0.567. The number of Topliss-reactive ketones (excluding diaryl/α,β-unsaturated/α-hetero) is 1. The summed E-state index contributed by atoms with van der Waals surface area (Å²) in [4.78, 5) is 24.6. The Bertz CT molecular complexity index is 480. The third kappa shape index (κ3) is 1.63. The normalized spacial score (nSPS) is 47.3. The van der Waals surface area contributed by atoms with E-state index in [1.807, 2.05) is 6.92 Å². The van der Waals surface area contributed by atoms with E-state index in [0.29, 0.717) is 23.2 Å². The zero-order valence-corrected chi connectivity index (χ0v) is 12.0. The van der Waals surface area contributed by atoms with Crippen LogP contribution in [-0.2, 0) is 14.3 Å². The lowest BCUT2D eigenvalue weighted by atomic mass is 9.43. The summed E-state index contributed by atoms with van der Waals surface area (Å²) in [7, 11) is 0. The van der Waals surface area contributed by atoms with Crippen LogP contribution in [0.4, 0.5) is 0 Å². The molecule has 3 nitrogen and oxygen atoms in total. The van der Waals surface area contributed by atoms with Crippen LogP contribution >= 0.6 is 0 Å². The van der Waals surface area contributed by atoms with Gasteiger partial charge in [0.25, 0.3) is 0 Å². The Balaban J connectivity index is 1.93. The summed E-state index contributed by atoms with van der Waals surface area (Å²) in [6, 6.07) is 0. The molecule has 0 spiro atoms. The zero-order chi connectivity index (χ0) is 14.0. The van der Waals surface area contributed by atoms with Crippen molar-refractivity contribution in [2.45, 2.75) is 52.6 Å². The molecule has 0 amide bonds. The molecule has 104 valence electrons. The number of hydrogen-bond donors (Lipinski definition) is 0. The Morgan fingerprint density at radius 1 is 1.32 bits per heavy atom. The predicted octanol–water partition coefficient (Wildman–Crippen LogP) is 2.89. The van der Waals surface area contributed by atoms with Gasteiger partial charge in [-0.3, -0.25) is 4.79 Å². The lowest BCUT2D eigenvalue weighted by Crippen LogP contribution is -2.65. The fourth-order valence-electron chi connectivity index (χ4n) is 5.06. The van der Waals surface area contributed by atoms with Crippen molar-refractivity contribution in [2.75, 3.05) is 0 Å². The summed E-state index contributed by atoms with van der Waals surface area (Å²) >= 11 is 0. The molecule has 5 atom stereocenters. The smallest absolute Gasteiger partial charge is 0.333 e. The topological polar surface area (TPSA) is 43.4 Å². The molecule has 0 radical (unpaired) electrons. The Labute approximate surface area is 114 Å². The highest BCUT2D eigenvalue weighted by Crippen LogP contribution is 2.63. The largest absolute Gasteiger partial charge is 0.458 e. The van der Waals surface area contributed by atoms with E-state index in [9.17, 15) is 9.59 Å². The molecule has 4 rings (SSSR count). The molecule has 4 aliphatic rings. The standard InChI is InChI=1S/C16H22O3/c1-9(2)13(17)19-12-11-5-10-6-15(3,8-11)14(18)16(12,4)7-10/h10-12H,1,5-8H2,2-4H3. The molecule has 5 unspecified atom stereocenters. The van der Waals surface area contributed by atoms with Crippen molar-refractivity contribution in [3.8, 4) is 0 Å². The van der Waals surface area contributed by atoms with Crippen LogP contribution in [0.2, 0.25) is 0 Å². The minimum absolute atomic E-state index is 0.174. The highest BCUT2D eigenvalue weighted by Gasteiger charge is 2.65. The van der Waals surface area contributed by atoms with Crippen LogP contribution in [0.3, 0.4) is 0 Å². The van der Waals surface area contributed by atoms with E-state index in [0.717, 1.165) is 25.7 Å². The van der Waals surface area contributed by atoms with Crippen molar-refractivity contribution in [3.63, 3.8) is 0 Å². The molecule has 3 heteroatoms. The maximum atomic E-state index is 12.8. The molecule has 0 aromatic rings. The van der Waals surface area contributed by atoms with Crippen molar-refractivity contribution in [2.24, 2.45) is 22.7 Å². The SMILES string of the molecule is C=C(C)C(=O)OC1C2CC3CC(C)(C2)C(=O)C1(C)C3. The number of ketones is 1. The number of carbonyl (C=O) groups is 2. The maximum absolute atomic E-state index is 12.8. The third-order valence-electron chi connectivity index (χ3n) is 5.51. The molecule has 0 heterocycles. The molecule has 4 bridgehead atoms. The highest BCUT2D eigenvalue weighted by atomic mass is 16.5. The van der Waals surface area contributed by atoms with Gasteiger partial charge in [0.05, 0.1) is 5.41 Å². The van der Waals surface area contributed by atoms with Crippen LogP contribution in [0.15, 0.2) is 12.2 Å².